The average Bonchev–Trinajstić information content (AvgIpc) is 2.79. The molecule has 2 rings (SSSR count). The van der Waals surface area contributed by atoms with E-state index < -0.39 is 18.6 Å². The molecule has 1 amide bonds. The fourth-order valence-electron chi connectivity index (χ4n) is 2.43. The van der Waals surface area contributed by atoms with E-state index in [1.165, 1.54) is 4.90 Å². The van der Waals surface area contributed by atoms with E-state index in [4.69, 9.17) is 4.74 Å². The van der Waals surface area contributed by atoms with Crippen molar-refractivity contribution >= 4 is 17.6 Å². The van der Waals surface area contributed by atoms with Gasteiger partial charge in [0.25, 0.3) is 5.91 Å². The van der Waals surface area contributed by atoms with Crippen LogP contribution >= 0.6 is 0 Å². The topological polar surface area (TPSA) is 46.6 Å². The quantitative estimate of drug-likeness (QED) is 0.784. The number of hydrogen-bond donors (Lipinski definition) is 0. The maximum Gasteiger partial charge on any atom is 0.308 e. The molecule has 1 saturated heterocycles. The van der Waals surface area contributed by atoms with Crippen LogP contribution in [0.25, 0.3) is 0 Å². The van der Waals surface area contributed by atoms with Gasteiger partial charge in [-0.3, -0.25) is 9.59 Å². The second-order valence-electron chi connectivity index (χ2n) is 4.68. The number of hydrogen-bond acceptors (Lipinski definition) is 3. The lowest BCUT2D eigenvalue weighted by Crippen LogP contribution is -2.42. The molecule has 0 radical (unpaired) electrons. The van der Waals surface area contributed by atoms with Crippen molar-refractivity contribution in [2.24, 2.45) is 0 Å². The Morgan fingerprint density at radius 1 is 1.42 bits per heavy atom. The predicted molar refractivity (Wildman–Crippen MR) is 68.7 cm³/mol. The molecule has 0 aliphatic carbocycles. The second kappa shape index (κ2) is 5.38. The molecular formula is C14H16FNO3. The molecule has 0 aromatic heterocycles. The first-order chi connectivity index (χ1) is 9.04. The van der Waals surface area contributed by atoms with Gasteiger partial charge in [-0.25, -0.2) is 4.39 Å². The minimum atomic E-state index is -1.08. The maximum absolute atomic E-state index is 12.8. The molecule has 1 aliphatic heterocycles. The summed E-state index contributed by atoms with van der Waals surface area (Å²) in [5.74, 6) is -0.992. The van der Waals surface area contributed by atoms with Crippen LogP contribution in [-0.2, 0) is 14.3 Å². The number of esters is 1. The summed E-state index contributed by atoms with van der Waals surface area (Å²) in [5, 5.41) is 0. The van der Waals surface area contributed by atoms with Gasteiger partial charge in [0.05, 0.1) is 18.2 Å². The van der Waals surface area contributed by atoms with Crippen LogP contribution in [0.5, 0.6) is 0 Å². The minimum Gasteiger partial charge on any atom is -0.463 e. The summed E-state index contributed by atoms with van der Waals surface area (Å²) in [6, 6.07) is 5.18. The summed E-state index contributed by atoms with van der Waals surface area (Å²) >= 11 is 0. The lowest BCUT2D eigenvalue weighted by atomic mass is 10.1. The van der Waals surface area contributed by atoms with Gasteiger partial charge in [0.2, 0.25) is 0 Å². The van der Waals surface area contributed by atoms with Crippen molar-refractivity contribution < 1.29 is 18.7 Å². The Hall–Kier alpha value is -1.91. The summed E-state index contributed by atoms with van der Waals surface area (Å²) in [6.45, 7) is 2.76. The first kappa shape index (κ1) is 13.5. The molecule has 5 heteroatoms. The van der Waals surface area contributed by atoms with Gasteiger partial charge in [0.15, 0.2) is 6.67 Å². The van der Waals surface area contributed by atoms with E-state index >= 15 is 0 Å². The molecule has 1 aromatic carbocycles. The smallest absolute Gasteiger partial charge is 0.308 e. The molecule has 19 heavy (non-hydrogen) atoms. The summed E-state index contributed by atoms with van der Waals surface area (Å²) in [4.78, 5) is 24.5. The van der Waals surface area contributed by atoms with Gasteiger partial charge >= 0.3 is 5.97 Å². The van der Waals surface area contributed by atoms with Crippen molar-refractivity contribution in [3.05, 3.63) is 29.3 Å². The van der Waals surface area contributed by atoms with E-state index in [1.807, 2.05) is 32.0 Å². The largest absolute Gasteiger partial charge is 0.463 e. The van der Waals surface area contributed by atoms with Crippen LogP contribution in [0.3, 0.4) is 0 Å². The lowest BCUT2D eigenvalue weighted by molar-refractivity contribution is -0.138. The van der Waals surface area contributed by atoms with Crippen molar-refractivity contribution in [3.8, 4) is 0 Å². The van der Waals surface area contributed by atoms with Gasteiger partial charge in [0.1, 0.15) is 6.61 Å². The highest BCUT2D eigenvalue weighted by atomic mass is 19.1. The molecule has 1 aliphatic rings. The van der Waals surface area contributed by atoms with Crippen molar-refractivity contribution in [1.82, 2.24) is 0 Å². The second-order valence-corrected chi connectivity index (χ2v) is 4.68. The Kier molecular flexibility index (Phi) is 3.83. The molecule has 1 aromatic rings. The number of ether oxygens (including phenoxy) is 1. The van der Waals surface area contributed by atoms with E-state index in [0.29, 0.717) is 5.69 Å². The Morgan fingerprint density at radius 3 is 2.53 bits per heavy atom. The monoisotopic (exact) mass is 265 g/mol. The molecular weight excluding hydrogens is 249 g/mol. The number of amides is 1. The van der Waals surface area contributed by atoms with Crippen molar-refractivity contribution in [2.75, 3.05) is 18.2 Å². The molecule has 1 atom stereocenters. The third-order valence-electron chi connectivity index (χ3n) is 3.27. The lowest BCUT2D eigenvalue weighted by Gasteiger charge is -2.29. The van der Waals surface area contributed by atoms with Gasteiger partial charge < -0.3 is 9.64 Å². The molecule has 0 bridgehead atoms. The Labute approximate surface area is 111 Å². The molecule has 1 fully saturated rings. The van der Waals surface area contributed by atoms with Gasteiger partial charge in [-0.1, -0.05) is 18.2 Å². The van der Waals surface area contributed by atoms with E-state index in [0.717, 1.165) is 11.1 Å². The van der Waals surface area contributed by atoms with Crippen LogP contribution in [0, 0.1) is 13.8 Å². The van der Waals surface area contributed by atoms with Crippen molar-refractivity contribution in [2.45, 2.75) is 26.3 Å². The number of carbonyl (C=O) groups is 2. The standard InChI is InChI=1S/C14H16FNO3/c1-9-4-3-5-10(2)14(9)16(12(17)7-15)11-6-13(18)19-8-11/h3-5,11H,6-8H2,1-2H3. The number of carbonyl (C=O) groups excluding carboxylic acids is 2. The first-order valence-corrected chi connectivity index (χ1v) is 6.14. The van der Waals surface area contributed by atoms with E-state index in [1.54, 1.807) is 0 Å². The normalized spacial score (nSPS) is 18.3. The fraction of sp³-hybridized carbons (Fsp3) is 0.429. The molecule has 0 saturated carbocycles. The SMILES string of the molecule is Cc1cccc(C)c1N(C(=O)CF)C1COC(=O)C1. The highest BCUT2D eigenvalue weighted by Crippen LogP contribution is 2.29. The molecule has 1 heterocycles. The number of aryl methyl sites for hydroxylation is 2. The molecule has 0 N–H and O–H groups in total. The van der Waals surface area contributed by atoms with Crippen LogP contribution in [0.2, 0.25) is 0 Å². The maximum atomic E-state index is 12.8. The number of alkyl halides is 1. The predicted octanol–water partition coefficient (Wildman–Crippen LogP) is 1.92. The van der Waals surface area contributed by atoms with Crippen LogP contribution < -0.4 is 4.90 Å². The summed E-state index contributed by atoms with van der Waals surface area (Å²) < 4.78 is 17.7. The number of anilines is 1. The molecule has 102 valence electrons. The zero-order valence-electron chi connectivity index (χ0n) is 11.0. The Morgan fingerprint density at radius 2 is 2.05 bits per heavy atom. The van der Waals surface area contributed by atoms with E-state index in [-0.39, 0.29) is 19.0 Å². The molecule has 4 nitrogen and oxygen atoms in total. The van der Waals surface area contributed by atoms with Crippen LogP contribution in [0.1, 0.15) is 17.5 Å². The van der Waals surface area contributed by atoms with Crippen molar-refractivity contribution in [3.63, 3.8) is 0 Å². The average molecular weight is 265 g/mol. The number of nitrogens with zero attached hydrogens (tertiary/aromatic N) is 1. The van der Waals surface area contributed by atoms with Crippen molar-refractivity contribution in [1.29, 1.82) is 0 Å². The summed E-state index contributed by atoms with van der Waals surface area (Å²) in [6.07, 6.45) is 0.111. The van der Waals surface area contributed by atoms with Gasteiger partial charge in [0, 0.05) is 0 Å². The summed E-state index contributed by atoms with van der Waals surface area (Å²) in [7, 11) is 0. The molecule has 1 unspecified atom stereocenters. The van der Waals surface area contributed by atoms with Crippen LogP contribution in [0.4, 0.5) is 10.1 Å². The van der Waals surface area contributed by atoms with E-state index in [9.17, 15) is 14.0 Å². The Bertz CT molecular complexity index is 495. The van der Waals surface area contributed by atoms with Crippen LogP contribution in [-0.4, -0.2) is 31.2 Å². The fourth-order valence-corrected chi connectivity index (χ4v) is 2.43. The zero-order valence-corrected chi connectivity index (χ0v) is 11.0. The van der Waals surface area contributed by atoms with Gasteiger partial charge in [-0.05, 0) is 25.0 Å². The third-order valence-corrected chi connectivity index (χ3v) is 3.27. The Balaban J connectivity index is 2.43. The summed E-state index contributed by atoms with van der Waals surface area (Å²) in [5.41, 5.74) is 2.43. The number of halogens is 1. The molecule has 0 spiro atoms. The number of cyclic esters (lactones) is 1. The highest BCUT2D eigenvalue weighted by Gasteiger charge is 2.34. The highest BCUT2D eigenvalue weighted by molar-refractivity contribution is 5.97. The zero-order chi connectivity index (χ0) is 14.0. The minimum absolute atomic E-state index is 0.111. The number of para-hydroxylation sites is 1. The van der Waals surface area contributed by atoms with E-state index in [2.05, 4.69) is 0 Å². The number of benzene rings is 1. The third kappa shape index (κ3) is 2.59. The first-order valence-electron chi connectivity index (χ1n) is 6.14. The van der Waals surface area contributed by atoms with Gasteiger partial charge in [-0.2, -0.15) is 0 Å². The van der Waals surface area contributed by atoms with Crippen LogP contribution in [0.15, 0.2) is 18.2 Å². The van der Waals surface area contributed by atoms with Gasteiger partial charge in [-0.15, -0.1) is 0 Å². The number of rotatable bonds is 3.